The number of nitrogens with two attached hydrogens (primary N) is 1. The Morgan fingerprint density at radius 1 is 1.29 bits per heavy atom. The quantitative estimate of drug-likeness (QED) is 0.842. The minimum Gasteiger partial charge on any atom is -0.344 e. The van der Waals surface area contributed by atoms with E-state index in [1.807, 2.05) is 37.4 Å². The highest BCUT2D eigenvalue weighted by atomic mass is 16.2. The van der Waals surface area contributed by atoms with Crippen molar-refractivity contribution in [2.24, 2.45) is 11.7 Å². The molecule has 0 saturated heterocycles. The SMILES string of the molecule is CC(C)CN(C)C(=O)[C@H](N)Cc1ccccc1. The molecule has 0 bridgehead atoms. The molecule has 1 atom stereocenters. The van der Waals surface area contributed by atoms with Gasteiger partial charge in [-0.3, -0.25) is 4.79 Å². The summed E-state index contributed by atoms with van der Waals surface area (Å²) in [5, 5.41) is 0. The van der Waals surface area contributed by atoms with Crippen molar-refractivity contribution in [3.05, 3.63) is 35.9 Å². The predicted molar refractivity (Wildman–Crippen MR) is 70.6 cm³/mol. The molecule has 1 aromatic carbocycles. The van der Waals surface area contributed by atoms with Gasteiger partial charge in [-0.1, -0.05) is 44.2 Å². The van der Waals surface area contributed by atoms with E-state index in [-0.39, 0.29) is 5.91 Å². The molecule has 0 spiro atoms. The van der Waals surface area contributed by atoms with Gasteiger partial charge in [-0.25, -0.2) is 0 Å². The van der Waals surface area contributed by atoms with Crippen LogP contribution in [0.2, 0.25) is 0 Å². The molecule has 17 heavy (non-hydrogen) atoms. The van der Waals surface area contributed by atoms with Crippen molar-refractivity contribution >= 4 is 5.91 Å². The van der Waals surface area contributed by atoms with Crippen LogP contribution >= 0.6 is 0 Å². The largest absolute Gasteiger partial charge is 0.344 e. The summed E-state index contributed by atoms with van der Waals surface area (Å²) < 4.78 is 0. The topological polar surface area (TPSA) is 46.3 Å². The van der Waals surface area contributed by atoms with Crippen LogP contribution in [0.5, 0.6) is 0 Å². The summed E-state index contributed by atoms with van der Waals surface area (Å²) in [6.07, 6.45) is 0.599. The lowest BCUT2D eigenvalue weighted by molar-refractivity contribution is -0.131. The predicted octanol–water partition coefficient (Wildman–Crippen LogP) is 1.67. The monoisotopic (exact) mass is 234 g/mol. The number of carbonyl (C=O) groups excluding carboxylic acids is 1. The molecular weight excluding hydrogens is 212 g/mol. The number of carbonyl (C=O) groups is 1. The molecule has 0 heterocycles. The van der Waals surface area contributed by atoms with Crippen LogP contribution in [0.3, 0.4) is 0 Å². The second-order valence-electron chi connectivity index (χ2n) is 4.91. The van der Waals surface area contributed by atoms with Gasteiger partial charge < -0.3 is 10.6 Å². The van der Waals surface area contributed by atoms with E-state index in [1.54, 1.807) is 4.90 Å². The van der Waals surface area contributed by atoms with E-state index in [4.69, 9.17) is 5.73 Å². The summed E-state index contributed by atoms with van der Waals surface area (Å²) in [6.45, 7) is 4.93. The average Bonchev–Trinajstić information content (AvgIpc) is 2.28. The Labute approximate surface area is 104 Å². The van der Waals surface area contributed by atoms with Crippen molar-refractivity contribution < 1.29 is 4.79 Å². The molecule has 3 nitrogen and oxygen atoms in total. The zero-order valence-corrected chi connectivity index (χ0v) is 10.9. The first-order valence-corrected chi connectivity index (χ1v) is 6.05. The van der Waals surface area contributed by atoms with Gasteiger partial charge in [0.2, 0.25) is 5.91 Å². The molecule has 1 rings (SSSR count). The van der Waals surface area contributed by atoms with E-state index in [2.05, 4.69) is 13.8 Å². The summed E-state index contributed by atoms with van der Waals surface area (Å²) in [6, 6.07) is 9.43. The summed E-state index contributed by atoms with van der Waals surface area (Å²) in [5.74, 6) is 0.482. The third-order valence-electron chi connectivity index (χ3n) is 2.63. The van der Waals surface area contributed by atoms with E-state index < -0.39 is 6.04 Å². The fraction of sp³-hybridized carbons (Fsp3) is 0.500. The molecule has 2 N–H and O–H groups in total. The van der Waals surface area contributed by atoms with Gasteiger partial charge in [0.1, 0.15) is 0 Å². The van der Waals surface area contributed by atoms with Crippen LogP contribution in [-0.4, -0.2) is 30.4 Å². The van der Waals surface area contributed by atoms with Gasteiger partial charge in [0.25, 0.3) is 0 Å². The summed E-state index contributed by atoms with van der Waals surface area (Å²) >= 11 is 0. The van der Waals surface area contributed by atoms with Gasteiger partial charge in [0.15, 0.2) is 0 Å². The lowest BCUT2D eigenvalue weighted by Gasteiger charge is -2.23. The number of hydrogen-bond donors (Lipinski definition) is 1. The molecule has 0 saturated carbocycles. The highest BCUT2D eigenvalue weighted by molar-refractivity contribution is 5.81. The van der Waals surface area contributed by atoms with Crippen LogP contribution < -0.4 is 5.73 Å². The van der Waals surface area contributed by atoms with Crippen molar-refractivity contribution in [1.82, 2.24) is 4.90 Å². The van der Waals surface area contributed by atoms with Crippen molar-refractivity contribution in [2.45, 2.75) is 26.3 Å². The molecular formula is C14H22N2O. The Bertz CT molecular complexity index is 348. The smallest absolute Gasteiger partial charge is 0.239 e. The number of rotatable bonds is 5. The number of amides is 1. The van der Waals surface area contributed by atoms with Crippen LogP contribution in [0.1, 0.15) is 19.4 Å². The first kappa shape index (κ1) is 13.7. The van der Waals surface area contributed by atoms with E-state index in [9.17, 15) is 4.79 Å². The molecule has 0 aliphatic carbocycles. The fourth-order valence-electron chi connectivity index (χ4n) is 1.88. The van der Waals surface area contributed by atoms with Crippen LogP contribution in [0.15, 0.2) is 30.3 Å². The minimum absolute atomic E-state index is 0.0163. The molecule has 0 unspecified atom stereocenters. The Morgan fingerprint density at radius 3 is 2.41 bits per heavy atom. The molecule has 0 aliphatic heterocycles. The van der Waals surface area contributed by atoms with Crippen molar-refractivity contribution in [3.8, 4) is 0 Å². The lowest BCUT2D eigenvalue weighted by atomic mass is 10.1. The molecule has 94 valence electrons. The van der Waals surface area contributed by atoms with Crippen LogP contribution in [0, 0.1) is 5.92 Å². The second kappa shape index (κ2) is 6.40. The van der Waals surface area contributed by atoms with Gasteiger partial charge in [-0.2, -0.15) is 0 Å². The highest BCUT2D eigenvalue weighted by Gasteiger charge is 2.18. The maximum Gasteiger partial charge on any atom is 0.239 e. The van der Waals surface area contributed by atoms with E-state index in [0.29, 0.717) is 12.3 Å². The molecule has 0 aliphatic rings. The van der Waals surface area contributed by atoms with E-state index in [0.717, 1.165) is 12.1 Å². The summed E-state index contributed by atoms with van der Waals surface area (Å²) in [4.78, 5) is 13.7. The van der Waals surface area contributed by atoms with Crippen LogP contribution in [0.4, 0.5) is 0 Å². The van der Waals surface area contributed by atoms with Gasteiger partial charge >= 0.3 is 0 Å². The van der Waals surface area contributed by atoms with Crippen LogP contribution in [0.25, 0.3) is 0 Å². The summed E-state index contributed by atoms with van der Waals surface area (Å²) in [5.41, 5.74) is 7.04. The highest BCUT2D eigenvalue weighted by Crippen LogP contribution is 2.05. The first-order chi connectivity index (χ1) is 8.00. The maximum absolute atomic E-state index is 12.0. The Balaban J connectivity index is 2.52. The van der Waals surface area contributed by atoms with Gasteiger partial charge in [0.05, 0.1) is 6.04 Å². The van der Waals surface area contributed by atoms with Gasteiger partial charge in [-0.15, -0.1) is 0 Å². The third kappa shape index (κ3) is 4.57. The number of nitrogens with zero attached hydrogens (tertiary/aromatic N) is 1. The lowest BCUT2D eigenvalue weighted by Crippen LogP contribution is -2.44. The summed E-state index contributed by atoms with van der Waals surface area (Å²) in [7, 11) is 1.81. The Hall–Kier alpha value is -1.35. The fourth-order valence-corrected chi connectivity index (χ4v) is 1.88. The average molecular weight is 234 g/mol. The molecule has 0 radical (unpaired) electrons. The molecule has 3 heteroatoms. The van der Waals surface area contributed by atoms with Gasteiger partial charge in [0, 0.05) is 13.6 Å². The second-order valence-corrected chi connectivity index (χ2v) is 4.91. The van der Waals surface area contributed by atoms with Crippen molar-refractivity contribution in [1.29, 1.82) is 0 Å². The van der Waals surface area contributed by atoms with Crippen LogP contribution in [-0.2, 0) is 11.2 Å². The van der Waals surface area contributed by atoms with Crippen molar-refractivity contribution in [3.63, 3.8) is 0 Å². The molecule has 1 aromatic rings. The number of hydrogen-bond acceptors (Lipinski definition) is 2. The first-order valence-electron chi connectivity index (χ1n) is 6.05. The van der Waals surface area contributed by atoms with Gasteiger partial charge in [-0.05, 0) is 17.9 Å². The van der Waals surface area contributed by atoms with Crippen molar-refractivity contribution in [2.75, 3.05) is 13.6 Å². The maximum atomic E-state index is 12.0. The molecule has 0 fully saturated rings. The third-order valence-corrected chi connectivity index (χ3v) is 2.63. The normalized spacial score (nSPS) is 12.5. The Morgan fingerprint density at radius 2 is 1.88 bits per heavy atom. The number of benzene rings is 1. The number of likely N-dealkylation sites (N-methyl/N-ethyl adjacent to an activating group) is 1. The Kier molecular flexibility index (Phi) is 5.16. The molecule has 1 amide bonds. The zero-order valence-electron chi connectivity index (χ0n) is 10.9. The zero-order chi connectivity index (χ0) is 12.8. The van der Waals surface area contributed by atoms with E-state index >= 15 is 0 Å². The minimum atomic E-state index is -0.443. The van der Waals surface area contributed by atoms with E-state index in [1.165, 1.54) is 0 Å². The molecule has 0 aromatic heterocycles. The standard InChI is InChI=1S/C14H22N2O/c1-11(2)10-16(3)14(17)13(15)9-12-7-5-4-6-8-12/h4-8,11,13H,9-10,15H2,1-3H3/t13-/m1/s1.